The van der Waals surface area contributed by atoms with Gasteiger partial charge in [-0.25, -0.2) is 0 Å². The SMILES string of the molecule is CN1CCCC[C@](CCO)(c2cccc(O)c2)C1. The molecule has 18 heavy (non-hydrogen) atoms. The van der Waals surface area contributed by atoms with Gasteiger partial charge in [-0.15, -0.1) is 0 Å². The third kappa shape index (κ3) is 2.85. The van der Waals surface area contributed by atoms with Crippen LogP contribution in [0.5, 0.6) is 5.75 Å². The lowest BCUT2D eigenvalue weighted by Gasteiger charge is -2.35. The molecule has 0 amide bonds. The third-order valence-corrected chi connectivity index (χ3v) is 4.07. The van der Waals surface area contributed by atoms with Crippen LogP contribution in [0.15, 0.2) is 24.3 Å². The van der Waals surface area contributed by atoms with E-state index in [9.17, 15) is 10.2 Å². The average molecular weight is 249 g/mol. The number of phenols is 1. The fourth-order valence-electron chi connectivity index (χ4n) is 3.15. The van der Waals surface area contributed by atoms with Crippen molar-refractivity contribution in [3.63, 3.8) is 0 Å². The van der Waals surface area contributed by atoms with E-state index in [0.717, 1.165) is 31.5 Å². The summed E-state index contributed by atoms with van der Waals surface area (Å²) in [6.07, 6.45) is 4.24. The molecular weight excluding hydrogens is 226 g/mol. The van der Waals surface area contributed by atoms with Crippen molar-refractivity contribution in [2.24, 2.45) is 0 Å². The summed E-state index contributed by atoms with van der Waals surface area (Å²) in [6, 6.07) is 7.54. The lowest BCUT2D eigenvalue weighted by molar-refractivity contribution is 0.194. The average Bonchev–Trinajstić information content (AvgIpc) is 2.52. The summed E-state index contributed by atoms with van der Waals surface area (Å²) in [5.41, 5.74) is 1.14. The highest BCUT2D eigenvalue weighted by molar-refractivity contribution is 5.33. The number of benzene rings is 1. The number of hydrogen-bond donors (Lipinski definition) is 2. The topological polar surface area (TPSA) is 43.7 Å². The van der Waals surface area contributed by atoms with Crippen LogP contribution in [0.25, 0.3) is 0 Å². The molecule has 1 saturated heterocycles. The van der Waals surface area contributed by atoms with Crippen molar-refractivity contribution in [3.8, 4) is 5.75 Å². The standard InChI is InChI=1S/C15H23NO2/c1-16-9-3-2-7-15(12-16,8-10-17)13-5-4-6-14(18)11-13/h4-6,11,17-18H,2-3,7-10,12H2,1H3/t15-/m1/s1. The largest absolute Gasteiger partial charge is 0.508 e. The second kappa shape index (κ2) is 5.72. The molecule has 2 N–H and O–H groups in total. The summed E-state index contributed by atoms with van der Waals surface area (Å²) < 4.78 is 0. The first-order valence-corrected chi connectivity index (χ1v) is 6.75. The maximum absolute atomic E-state index is 9.69. The van der Waals surface area contributed by atoms with Crippen LogP contribution < -0.4 is 0 Å². The van der Waals surface area contributed by atoms with E-state index in [1.165, 1.54) is 12.8 Å². The van der Waals surface area contributed by atoms with Crippen molar-refractivity contribution < 1.29 is 10.2 Å². The monoisotopic (exact) mass is 249 g/mol. The van der Waals surface area contributed by atoms with Crippen molar-refractivity contribution >= 4 is 0 Å². The van der Waals surface area contributed by atoms with Crippen LogP contribution >= 0.6 is 0 Å². The van der Waals surface area contributed by atoms with E-state index < -0.39 is 0 Å². The Morgan fingerprint density at radius 2 is 2.17 bits per heavy atom. The first-order valence-electron chi connectivity index (χ1n) is 6.75. The third-order valence-electron chi connectivity index (χ3n) is 4.07. The molecule has 0 saturated carbocycles. The van der Waals surface area contributed by atoms with E-state index in [4.69, 9.17) is 0 Å². The van der Waals surface area contributed by atoms with Gasteiger partial charge in [0.1, 0.15) is 5.75 Å². The summed E-state index contributed by atoms with van der Waals surface area (Å²) in [4.78, 5) is 2.34. The van der Waals surface area contributed by atoms with Crippen LogP contribution in [-0.4, -0.2) is 41.9 Å². The van der Waals surface area contributed by atoms with E-state index in [1.54, 1.807) is 6.07 Å². The molecule has 1 heterocycles. The molecule has 1 aromatic carbocycles. The van der Waals surface area contributed by atoms with Crippen molar-refractivity contribution in [2.75, 3.05) is 26.7 Å². The highest BCUT2D eigenvalue weighted by Crippen LogP contribution is 2.37. The van der Waals surface area contributed by atoms with Gasteiger partial charge in [0.15, 0.2) is 0 Å². The van der Waals surface area contributed by atoms with Gasteiger partial charge in [-0.2, -0.15) is 0 Å². The molecule has 0 bridgehead atoms. The summed E-state index contributed by atoms with van der Waals surface area (Å²) in [5.74, 6) is 0.316. The molecule has 3 heteroatoms. The maximum atomic E-state index is 9.69. The molecule has 0 aromatic heterocycles. The van der Waals surface area contributed by atoms with Gasteiger partial charge in [-0.1, -0.05) is 18.6 Å². The van der Waals surface area contributed by atoms with Gasteiger partial charge in [0, 0.05) is 18.6 Å². The smallest absolute Gasteiger partial charge is 0.115 e. The second-order valence-corrected chi connectivity index (χ2v) is 5.50. The highest BCUT2D eigenvalue weighted by atomic mass is 16.3. The van der Waals surface area contributed by atoms with Crippen molar-refractivity contribution in [1.29, 1.82) is 0 Å². The molecule has 100 valence electrons. The molecule has 1 aliphatic rings. The molecule has 1 fully saturated rings. The van der Waals surface area contributed by atoms with E-state index in [2.05, 4.69) is 18.0 Å². The Morgan fingerprint density at radius 1 is 1.33 bits per heavy atom. The molecule has 0 unspecified atom stereocenters. The normalized spacial score (nSPS) is 25.9. The van der Waals surface area contributed by atoms with Gasteiger partial charge in [0.25, 0.3) is 0 Å². The summed E-state index contributed by atoms with van der Waals surface area (Å²) in [6.45, 7) is 2.27. The minimum atomic E-state index is -0.0151. The van der Waals surface area contributed by atoms with Crippen molar-refractivity contribution in [2.45, 2.75) is 31.1 Å². The molecule has 1 atom stereocenters. The second-order valence-electron chi connectivity index (χ2n) is 5.50. The zero-order chi connectivity index (χ0) is 13.0. The van der Waals surface area contributed by atoms with E-state index in [0.29, 0.717) is 5.75 Å². The molecule has 0 spiro atoms. The van der Waals surface area contributed by atoms with Crippen LogP contribution in [0, 0.1) is 0 Å². The Labute approximate surface area is 109 Å². The fraction of sp³-hybridized carbons (Fsp3) is 0.600. The molecule has 0 radical (unpaired) electrons. The van der Waals surface area contributed by atoms with Crippen LogP contribution in [0.4, 0.5) is 0 Å². The zero-order valence-electron chi connectivity index (χ0n) is 11.1. The lowest BCUT2D eigenvalue weighted by Crippen LogP contribution is -2.38. The van der Waals surface area contributed by atoms with Gasteiger partial charge in [-0.05, 0) is 50.6 Å². The summed E-state index contributed by atoms with van der Waals surface area (Å²) >= 11 is 0. The number of likely N-dealkylation sites (N-methyl/N-ethyl adjacent to an activating group) is 1. The Hall–Kier alpha value is -1.06. The number of aromatic hydroxyl groups is 1. The quantitative estimate of drug-likeness (QED) is 0.862. The van der Waals surface area contributed by atoms with Crippen LogP contribution in [0.3, 0.4) is 0 Å². The van der Waals surface area contributed by atoms with Crippen LogP contribution in [-0.2, 0) is 5.41 Å². The van der Waals surface area contributed by atoms with Crippen LogP contribution in [0.2, 0.25) is 0 Å². The molecule has 0 aliphatic carbocycles. The Bertz CT molecular complexity index is 394. The van der Waals surface area contributed by atoms with E-state index in [-0.39, 0.29) is 12.0 Å². The van der Waals surface area contributed by atoms with Crippen LogP contribution in [0.1, 0.15) is 31.2 Å². The Morgan fingerprint density at radius 3 is 2.89 bits per heavy atom. The Balaban J connectivity index is 2.35. The molecule has 3 nitrogen and oxygen atoms in total. The van der Waals surface area contributed by atoms with Gasteiger partial charge in [-0.3, -0.25) is 0 Å². The van der Waals surface area contributed by atoms with Crippen molar-refractivity contribution in [1.82, 2.24) is 4.90 Å². The van der Waals surface area contributed by atoms with Gasteiger partial charge in [0.05, 0.1) is 0 Å². The first-order chi connectivity index (χ1) is 8.66. The summed E-state index contributed by atoms with van der Waals surface area (Å²) in [7, 11) is 2.14. The Kier molecular flexibility index (Phi) is 4.25. The minimum absolute atomic E-state index is 0.0151. The number of aliphatic hydroxyl groups excluding tert-OH is 1. The number of phenolic OH excluding ortho intramolecular Hbond substituents is 1. The predicted molar refractivity (Wildman–Crippen MR) is 72.8 cm³/mol. The van der Waals surface area contributed by atoms with E-state index >= 15 is 0 Å². The molecular formula is C15H23NO2. The van der Waals surface area contributed by atoms with Gasteiger partial charge >= 0.3 is 0 Å². The first kappa shape index (κ1) is 13.4. The highest BCUT2D eigenvalue weighted by Gasteiger charge is 2.34. The number of likely N-dealkylation sites (tertiary alicyclic amines) is 1. The number of rotatable bonds is 3. The van der Waals surface area contributed by atoms with E-state index in [1.807, 2.05) is 12.1 Å². The van der Waals surface area contributed by atoms with Gasteiger partial charge in [0.2, 0.25) is 0 Å². The minimum Gasteiger partial charge on any atom is -0.508 e. The number of nitrogens with zero attached hydrogens (tertiary/aromatic N) is 1. The molecule has 1 aromatic rings. The lowest BCUT2D eigenvalue weighted by atomic mass is 9.74. The van der Waals surface area contributed by atoms with Crippen molar-refractivity contribution in [3.05, 3.63) is 29.8 Å². The molecule has 2 rings (SSSR count). The number of hydrogen-bond acceptors (Lipinski definition) is 3. The summed E-state index contributed by atoms with van der Waals surface area (Å²) in [5, 5.41) is 19.1. The fourth-order valence-corrected chi connectivity index (χ4v) is 3.15. The number of aliphatic hydroxyl groups is 1. The molecule has 1 aliphatic heterocycles. The maximum Gasteiger partial charge on any atom is 0.115 e. The zero-order valence-corrected chi connectivity index (χ0v) is 11.1. The van der Waals surface area contributed by atoms with Gasteiger partial charge < -0.3 is 15.1 Å². The predicted octanol–water partition coefficient (Wildman–Crippen LogP) is 2.13.